The Morgan fingerprint density at radius 3 is 2.71 bits per heavy atom. The predicted octanol–water partition coefficient (Wildman–Crippen LogP) is 4.79. The van der Waals surface area contributed by atoms with Crippen LogP contribution in [0.1, 0.15) is 45.5 Å². The van der Waals surface area contributed by atoms with Gasteiger partial charge in [-0.1, -0.05) is 24.3 Å². The topological polar surface area (TPSA) is 103 Å². The molecule has 1 atom stereocenters. The molecule has 2 heterocycles. The minimum Gasteiger partial charge on any atom is -0.494 e. The van der Waals surface area contributed by atoms with E-state index < -0.39 is 17.8 Å². The second-order valence-electron chi connectivity index (χ2n) is 8.16. The van der Waals surface area contributed by atoms with Crippen LogP contribution in [0.25, 0.3) is 22.4 Å². The van der Waals surface area contributed by atoms with Crippen molar-refractivity contribution in [3.05, 3.63) is 76.8 Å². The lowest BCUT2D eigenvalue weighted by Crippen LogP contribution is -2.28. The number of oxazole rings is 1. The van der Waals surface area contributed by atoms with Gasteiger partial charge < -0.3 is 20.2 Å². The number of alkyl halides is 3. The molecule has 1 aliphatic carbocycles. The summed E-state index contributed by atoms with van der Waals surface area (Å²) in [5, 5.41) is 3.33. The SMILES string of the molecule is COc1ccc(-c2nc(C(=O)N[C@H]3CCc4ccccc43)c(CN)o2)c2ccc(C(F)(F)F)nc12. The molecule has 0 fully saturated rings. The van der Waals surface area contributed by atoms with Crippen molar-refractivity contribution in [1.29, 1.82) is 0 Å². The fourth-order valence-corrected chi connectivity index (χ4v) is 4.42. The van der Waals surface area contributed by atoms with Crippen molar-refractivity contribution >= 4 is 16.8 Å². The fourth-order valence-electron chi connectivity index (χ4n) is 4.42. The normalized spacial score (nSPS) is 15.3. The summed E-state index contributed by atoms with van der Waals surface area (Å²) >= 11 is 0. The van der Waals surface area contributed by atoms with E-state index in [0.717, 1.165) is 24.5 Å². The van der Waals surface area contributed by atoms with Gasteiger partial charge in [0.1, 0.15) is 17.0 Å². The molecular formula is C25H21F3N4O3. The molecule has 7 nitrogen and oxygen atoms in total. The first kappa shape index (κ1) is 22.9. The molecule has 180 valence electrons. The molecule has 2 aromatic heterocycles. The number of pyridine rings is 1. The van der Waals surface area contributed by atoms with Gasteiger partial charge in [0.25, 0.3) is 5.91 Å². The third-order valence-electron chi connectivity index (χ3n) is 6.10. The first-order valence-electron chi connectivity index (χ1n) is 10.9. The van der Waals surface area contributed by atoms with Gasteiger partial charge >= 0.3 is 6.18 Å². The standard InChI is InChI=1S/C25H21F3N4O3/c1-34-18-10-7-16(15-8-11-20(25(26,27)28)31-21(15)18)24-32-22(19(12-29)35-24)23(33)30-17-9-6-13-4-2-3-5-14(13)17/h2-5,7-8,10-11,17H,6,9,12,29H2,1H3,(H,30,33)/t17-/m0/s1. The van der Waals surface area contributed by atoms with E-state index in [0.29, 0.717) is 10.9 Å². The highest BCUT2D eigenvalue weighted by atomic mass is 19.4. The number of aryl methyl sites for hydroxylation is 1. The first-order chi connectivity index (χ1) is 16.8. The fraction of sp³-hybridized carbons (Fsp3) is 0.240. The number of rotatable bonds is 5. The van der Waals surface area contributed by atoms with Crippen LogP contribution in [0, 0.1) is 0 Å². The number of ether oxygens (including phenoxy) is 1. The summed E-state index contributed by atoms with van der Waals surface area (Å²) in [5.41, 5.74) is 7.42. The van der Waals surface area contributed by atoms with E-state index in [1.54, 1.807) is 6.07 Å². The number of amides is 1. The Kier molecular flexibility index (Phi) is 5.68. The number of hydrogen-bond acceptors (Lipinski definition) is 6. The summed E-state index contributed by atoms with van der Waals surface area (Å²) in [6, 6.07) is 13.0. The van der Waals surface area contributed by atoms with Crippen LogP contribution in [0.4, 0.5) is 13.2 Å². The zero-order chi connectivity index (χ0) is 24.7. The summed E-state index contributed by atoms with van der Waals surface area (Å²) in [4.78, 5) is 21.2. The van der Waals surface area contributed by atoms with Gasteiger partial charge in [-0.25, -0.2) is 9.97 Å². The summed E-state index contributed by atoms with van der Waals surface area (Å²) in [6.07, 6.45) is -2.99. The van der Waals surface area contributed by atoms with Gasteiger partial charge in [0.2, 0.25) is 5.89 Å². The van der Waals surface area contributed by atoms with Crippen LogP contribution in [0.3, 0.4) is 0 Å². The summed E-state index contributed by atoms with van der Waals surface area (Å²) in [5.74, 6) is -0.0416. The van der Waals surface area contributed by atoms with E-state index in [-0.39, 0.29) is 41.2 Å². The zero-order valence-corrected chi connectivity index (χ0v) is 18.6. The smallest absolute Gasteiger partial charge is 0.433 e. The Labute approximate surface area is 198 Å². The van der Waals surface area contributed by atoms with Crippen LogP contribution >= 0.6 is 0 Å². The van der Waals surface area contributed by atoms with Crippen molar-refractivity contribution in [1.82, 2.24) is 15.3 Å². The van der Waals surface area contributed by atoms with Gasteiger partial charge in [-0.3, -0.25) is 4.79 Å². The van der Waals surface area contributed by atoms with Crippen LogP contribution < -0.4 is 15.8 Å². The Morgan fingerprint density at radius 2 is 1.97 bits per heavy atom. The molecule has 1 aliphatic rings. The number of nitrogens with zero attached hydrogens (tertiary/aromatic N) is 2. The highest BCUT2D eigenvalue weighted by Crippen LogP contribution is 2.37. The molecule has 0 unspecified atom stereocenters. The predicted molar refractivity (Wildman–Crippen MR) is 122 cm³/mol. The van der Waals surface area contributed by atoms with Gasteiger partial charge in [-0.05, 0) is 48.2 Å². The number of halogens is 3. The average Bonchev–Trinajstić information content (AvgIpc) is 3.47. The average molecular weight is 482 g/mol. The second kappa shape index (κ2) is 8.70. The van der Waals surface area contributed by atoms with Crippen LogP contribution in [-0.2, 0) is 19.1 Å². The minimum absolute atomic E-state index is 0.000822. The number of methoxy groups -OCH3 is 1. The summed E-state index contributed by atoms with van der Waals surface area (Å²) in [6.45, 7) is -0.0818. The number of carbonyl (C=O) groups excluding carboxylic acids is 1. The van der Waals surface area contributed by atoms with E-state index in [1.165, 1.54) is 24.8 Å². The van der Waals surface area contributed by atoms with Crippen molar-refractivity contribution in [3.63, 3.8) is 0 Å². The maximum atomic E-state index is 13.2. The molecule has 5 rings (SSSR count). The molecule has 1 amide bonds. The number of nitrogens with two attached hydrogens (primary N) is 1. The number of benzene rings is 2. The van der Waals surface area contributed by atoms with Crippen molar-refractivity contribution in [2.75, 3.05) is 7.11 Å². The number of carbonyl (C=O) groups is 1. The number of nitrogens with one attached hydrogen (secondary N) is 1. The molecule has 2 aromatic carbocycles. The van der Waals surface area contributed by atoms with E-state index in [9.17, 15) is 18.0 Å². The Bertz CT molecular complexity index is 1430. The number of aromatic nitrogens is 2. The molecule has 0 spiro atoms. The van der Waals surface area contributed by atoms with Crippen molar-refractivity contribution in [2.45, 2.75) is 31.6 Å². The van der Waals surface area contributed by atoms with Gasteiger partial charge in [0, 0.05) is 10.9 Å². The minimum atomic E-state index is -4.62. The Hall–Kier alpha value is -3.92. The summed E-state index contributed by atoms with van der Waals surface area (Å²) in [7, 11) is 1.34. The molecule has 0 bridgehead atoms. The quantitative estimate of drug-likeness (QED) is 0.424. The lowest BCUT2D eigenvalue weighted by molar-refractivity contribution is -0.140. The Morgan fingerprint density at radius 1 is 1.17 bits per heavy atom. The van der Waals surface area contributed by atoms with Gasteiger partial charge in [-0.15, -0.1) is 0 Å². The zero-order valence-electron chi connectivity index (χ0n) is 18.6. The summed E-state index contributed by atoms with van der Waals surface area (Å²) < 4.78 is 50.7. The van der Waals surface area contributed by atoms with E-state index in [1.807, 2.05) is 24.3 Å². The lowest BCUT2D eigenvalue weighted by Gasteiger charge is -2.13. The Balaban J connectivity index is 1.53. The maximum Gasteiger partial charge on any atom is 0.433 e. The van der Waals surface area contributed by atoms with Gasteiger partial charge in [0.15, 0.2) is 11.5 Å². The first-order valence-corrected chi connectivity index (χ1v) is 10.9. The highest BCUT2D eigenvalue weighted by molar-refractivity contribution is 5.98. The molecule has 0 saturated carbocycles. The molecule has 4 aromatic rings. The van der Waals surface area contributed by atoms with Crippen LogP contribution in [0.5, 0.6) is 5.75 Å². The van der Waals surface area contributed by atoms with Crippen molar-refractivity contribution in [3.8, 4) is 17.2 Å². The third kappa shape index (κ3) is 4.10. The van der Waals surface area contributed by atoms with Crippen molar-refractivity contribution < 1.29 is 27.1 Å². The third-order valence-corrected chi connectivity index (χ3v) is 6.10. The molecular weight excluding hydrogens is 461 g/mol. The van der Waals surface area contributed by atoms with Crippen molar-refractivity contribution in [2.24, 2.45) is 5.73 Å². The largest absolute Gasteiger partial charge is 0.494 e. The van der Waals surface area contributed by atoms with E-state index >= 15 is 0 Å². The molecule has 0 radical (unpaired) electrons. The molecule has 0 aliphatic heterocycles. The van der Waals surface area contributed by atoms with Crippen LogP contribution in [0.15, 0.2) is 52.9 Å². The van der Waals surface area contributed by atoms with Crippen LogP contribution in [0.2, 0.25) is 0 Å². The van der Waals surface area contributed by atoms with E-state index in [2.05, 4.69) is 15.3 Å². The second-order valence-corrected chi connectivity index (χ2v) is 8.16. The molecule has 10 heteroatoms. The molecule has 0 saturated heterocycles. The van der Waals surface area contributed by atoms with Gasteiger partial charge in [-0.2, -0.15) is 13.2 Å². The number of hydrogen-bond donors (Lipinski definition) is 2. The lowest BCUT2D eigenvalue weighted by atomic mass is 10.1. The van der Waals surface area contributed by atoms with Gasteiger partial charge in [0.05, 0.1) is 19.7 Å². The van der Waals surface area contributed by atoms with Crippen LogP contribution in [-0.4, -0.2) is 23.0 Å². The molecule has 35 heavy (non-hydrogen) atoms. The number of fused-ring (bicyclic) bond motifs is 2. The van der Waals surface area contributed by atoms with E-state index in [4.69, 9.17) is 14.9 Å². The monoisotopic (exact) mass is 482 g/mol. The highest BCUT2D eigenvalue weighted by Gasteiger charge is 2.33. The molecule has 3 N–H and O–H groups in total. The maximum absolute atomic E-state index is 13.2.